The zero-order valence-corrected chi connectivity index (χ0v) is 16.7. The van der Waals surface area contributed by atoms with Crippen LogP contribution < -0.4 is 0 Å². The molecule has 1 aliphatic rings. The summed E-state index contributed by atoms with van der Waals surface area (Å²) >= 11 is 0. The molecule has 3 N–H and O–H groups in total. The first-order chi connectivity index (χ1) is 13.2. The smallest absolute Gasteiger partial charge is 0.284 e. The molecule has 1 unspecified atom stereocenters. The van der Waals surface area contributed by atoms with Crippen molar-refractivity contribution in [3.05, 3.63) is 66.3 Å². The highest BCUT2D eigenvalue weighted by molar-refractivity contribution is 8.05. The maximum Gasteiger partial charge on any atom is 0.456 e. The molecule has 0 spiro atoms. The lowest BCUT2D eigenvalue weighted by atomic mass is 9.98. The summed E-state index contributed by atoms with van der Waals surface area (Å²) in [6, 6.07) is 8.79. The minimum absolute atomic E-state index is 0.713. The van der Waals surface area contributed by atoms with Crippen molar-refractivity contribution < 1.29 is 43.1 Å². The Morgan fingerprint density at radius 1 is 0.966 bits per heavy atom. The number of allylic oxidation sites excluding steroid dienone is 4. The van der Waals surface area contributed by atoms with Crippen LogP contribution in [0.25, 0.3) is 6.08 Å². The Balaban J connectivity index is 0.000000516. The van der Waals surface area contributed by atoms with E-state index in [1.165, 1.54) is 24.3 Å². The van der Waals surface area contributed by atoms with E-state index < -0.39 is 40.6 Å². The highest BCUT2D eigenvalue weighted by atomic mass is 32.3. The Morgan fingerprint density at radius 2 is 1.52 bits per heavy atom. The van der Waals surface area contributed by atoms with Gasteiger partial charge in [0.25, 0.3) is 20.2 Å². The molecule has 0 fully saturated rings. The second-order valence-corrected chi connectivity index (χ2v) is 9.85. The highest BCUT2D eigenvalue weighted by Crippen LogP contribution is 2.38. The number of nitrogens with zero attached hydrogens (tertiary/aromatic N) is 1. The molecule has 0 aliphatic heterocycles. The van der Waals surface area contributed by atoms with Crippen LogP contribution in [0.2, 0.25) is 0 Å². The van der Waals surface area contributed by atoms with Gasteiger partial charge in [-0.2, -0.15) is 25.3 Å². The maximum atomic E-state index is 11.7. The fourth-order valence-corrected chi connectivity index (χ4v) is 4.95. The van der Waals surface area contributed by atoms with E-state index in [1.54, 1.807) is 30.3 Å². The average molecular weight is 465 g/mol. The van der Waals surface area contributed by atoms with Crippen LogP contribution in [0.4, 0.5) is 0 Å². The molecule has 29 heavy (non-hydrogen) atoms. The second-order valence-electron chi connectivity index (χ2n) is 5.31. The molecule has 2 rings (SSSR count). The fraction of sp³-hybridized carbons (Fsp3) is 0.133. The Labute approximate surface area is 167 Å². The minimum atomic E-state index is -5.13. The molecule has 0 bridgehead atoms. The monoisotopic (exact) mass is 465 g/mol. The predicted molar refractivity (Wildman–Crippen MR) is 101 cm³/mol. The van der Waals surface area contributed by atoms with Gasteiger partial charge in [-0.15, -0.1) is 5.26 Å². The van der Waals surface area contributed by atoms with Crippen LogP contribution in [0.3, 0.4) is 0 Å². The SMILES string of the molecule is N#COS(=O)(=O)O.O=S(=O)(O)C1(S(=O)(=O)O)C=CC=CC1C=Cc1ccccc1. The van der Waals surface area contributed by atoms with Gasteiger partial charge >= 0.3 is 16.7 Å². The van der Waals surface area contributed by atoms with Gasteiger partial charge in [0.15, 0.2) is 0 Å². The third kappa shape index (κ3) is 6.49. The molecular formula is C15H15NO10S3. The Bertz CT molecular complexity index is 1130. The molecule has 0 saturated carbocycles. The Kier molecular flexibility index (Phi) is 7.86. The molecule has 1 atom stereocenters. The molecule has 1 aromatic carbocycles. The number of hydrogen-bond acceptors (Lipinski definition) is 8. The zero-order valence-electron chi connectivity index (χ0n) is 14.3. The van der Waals surface area contributed by atoms with Crippen LogP contribution >= 0.6 is 0 Å². The zero-order chi connectivity index (χ0) is 22.3. The molecule has 158 valence electrons. The first kappa shape index (κ1) is 24.5. The van der Waals surface area contributed by atoms with E-state index in [0.717, 1.165) is 18.4 Å². The van der Waals surface area contributed by atoms with Crippen LogP contribution in [0.5, 0.6) is 0 Å². The molecule has 0 saturated heterocycles. The molecule has 0 amide bonds. The maximum absolute atomic E-state index is 11.7. The van der Waals surface area contributed by atoms with Gasteiger partial charge in [0, 0.05) is 5.92 Å². The largest absolute Gasteiger partial charge is 0.456 e. The van der Waals surface area contributed by atoms with Crippen LogP contribution in [0.1, 0.15) is 5.56 Å². The van der Waals surface area contributed by atoms with Crippen molar-refractivity contribution in [3.8, 4) is 6.26 Å². The molecule has 0 radical (unpaired) electrons. The predicted octanol–water partition coefficient (Wildman–Crippen LogP) is 1.20. The Hall–Kier alpha value is -2.54. The van der Waals surface area contributed by atoms with E-state index in [-0.39, 0.29) is 0 Å². The third-order valence-electron chi connectivity index (χ3n) is 3.47. The summed E-state index contributed by atoms with van der Waals surface area (Å²) in [6.07, 6.45) is 8.21. The van der Waals surface area contributed by atoms with E-state index in [4.69, 9.17) is 9.81 Å². The van der Waals surface area contributed by atoms with E-state index in [1.807, 2.05) is 0 Å². The van der Waals surface area contributed by atoms with Gasteiger partial charge in [-0.05, 0) is 11.6 Å². The van der Waals surface area contributed by atoms with Crippen LogP contribution in [0.15, 0.2) is 60.7 Å². The van der Waals surface area contributed by atoms with E-state index in [9.17, 15) is 34.4 Å². The molecule has 0 aromatic heterocycles. The lowest BCUT2D eigenvalue weighted by molar-refractivity contribution is 0.367. The van der Waals surface area contributed by atoms with Gasteiger partial charge in [0.1, 0.15) is 0 Å². The summed E-state index contributed by atoms with van der Waals surface area (Å²) in [6.45, 7) is 0. The van der Waals surface area contributed by atoms with E-state index >= 15 is 0 Å². The lowest BCUT2D eigenvalue weighted by Crippen LogP contribution is -2.50. The van der Waals surface area contributed by atoms with Crippen molar-refractivity contribution in [2.24, 2.45) is 5.92 Å². The normalized spacial score (nSPS) is 18.5. The molecule has 11 nitrogen and oxygen atoms in total. The fourth-order valence-electron chi connectivity index (χ4n) is 2.29. The molecule has 0 heterocycles. The van der Waals surface area contributed by atoms with Gasteiger partial charge in [0.05, 0.1) is 0 Å². The lowest BCUT2D eigenvalue weighted by Gasteiger charge is -2.30. The molecule has 14 heteroatoms. The second kappa shape index (κ2) is 9.31. The first-order valence-corrected chi connectivity index (χ1v) is 11.6. The summed E-state index contributed by atoms with van der Waals surface area (Å²) in [5.41, 5.74) is 0.713. The van der Waals surface area contributed by atoms with Crippen molar-refractivity contribution in [2.45, 2.75) is 4.08 Å². The van der Waals surface area contributed by atoms with Gasteiger partial charge in [-0.1, -0.05) is 60.7 Å². The quantitative estimate of drug-likeness (QED) is 0.417. The van der Waals surface area contributed by atoms with Crippen molar-refractivity contribution in [3.63, 3.8) is 0 Å². The summed E-state index contributed by atoms with van der Waals surface area (Å²) in [4.78, 5) is 0. The molecular weight excluding hydrogens is 450 g/mol. The first-order valence-electron chi connectivity index (χ1n) is 7.33. The minimum Gasteiger partial charge on any atom is -0.284 e. The topological polar surface area (TPSA) is 196 Å². The van der Waals surface area contributed by atoms with Crippen LogP contribution in [-0.2, 0) is 34.8 Å². The molecule has 1 aromatic rings. The third-order valence-corrected chi connectivity index (χ3v) is 7.45. The van der Waals surface area contributed by atoms with Gasteiger partial charge < -0.3 is 0 Å². The summed E-state index contributed by atoms with van der Waals surface area (Å²) in [5.74, 6) is -1.28. The van der Waals surface area contributed by atoms with Gasteiger partial charge in [-0.3, -0.25) is 17.8 Å². The van der Waals surface area contributed by atoms with Crippen molar-refractivity contribution in [1.29, 1.82) is 5.26 Å². The highest BCUT2D eigenvalue weighted by Gasteiger charge is 2.57. The van der Waals surface area contributed by atoms with Gasteiger partial charge in [-0.25, -0.2) is 0 Å². The van der Waals surface area contributed by atoms with Crippen molar-refractivity contribution in [1.82, 2.24) is 0 Å². The van der Waals surface area contributed by atoms with Crippen molar-refractivity contribution in [2.75, 3.05) is 0 Å². The number of rotatable bonds is 5. The summed E-state index contributed by atoms with van der Waals surface area (Å²) < 4.78 is 92.0. The average Bonchev–Trinajstić information content (AvgIpc) is 2.58. The molecule has 1 aliphatic carbocycles. The van der Waals surface area contributed by atoms with Crippen LogP contribution in [0, 0.1) is 17.4 Å². The van der Waals surface area contributed by atoms with Gasteiger partial charge in [0.2, 0.25) is 4.08 Å². The summed E-state index contributed by atoms with van der Waals surface area (Å²) in [7, 11) is -14.8. The number of benzene rings is 1. The van der Waals surface area contributed by atoms with Crippen LogP contribution in [-0.4, -0.2) is 43.0 Å². The standard InChI is InChI=1S/C14H14O6S2.CHNO4S/c15-21(16,17)14(22(18,19)20)11-5-4-8-13(14)10-9-12-6-2-1-3-7-12;2-1-6-7(3,4)5/h1-11,13H,(H,15,16,17)(H,18,19,20);(H,3,4,5). The number of hydrogen-bond donors (Lipinski definition) is 3. The van der Waals surface area contributed by atoms with E-state index in [0.29, 0.717) is 5.56 Å². The van der Waals surface area contributed by atoms with Crippen molar-refractivity contribution >= 4 is 36.7 Å². The Morgan fingerprint density at radius 3 is 1.93 bits per heavy atom. The number of nitriles is 1. The van der Waals surface area contributed by atoms with E-state index in [2.05, 4.69) is 4.18 Å². The summed E-state index contributed by atoms with van der Waals surface area (Å²) in [5, 5.41) is 7.39.